The second-order valence-electron chi connectivity index (χ2n) is 7.72. The molecule has 1 unspecified atom stereocenters. The molecule has 1 aromatic carbocycles. The van der Waals surface area contributed by atoms with Crippen molar-refractivity contribution in [3.05, 3.63) is 66.2 Å². The van der Waals surface area contributed by atoms with E-state index in [2.05, 4.69) is 32.6 Å². The summed E-state index contributed by atoms with van der Waals surface area (Å²) < 4.78 is 5.36. The maximum Gasteiger partial charge on any atom is 0.317 e. The van der Waals surface area contributed by atoms with Crippen LogP contribution < -0.4 is 5.32 Å². The van der Waals surface area contributed by atoms with Gasteiger partial charge in [0.25, 0.3) is 5.89 Å². The molecule has 1 fully saturated rings. The minimum absolute atomic E-state index is 0.0362. The van der Waals surface area contributed by atoms with E-state index in [9.17, 15) is 4.79 Å². The topological polar surface area (TPSA) is 84.2 Å². The molecule has 0 saturated carbocycles. The zero-order valence-corrected chi connectivity index (χ0v) is 17.0. The molecule has 0 spiro atoms. The normalized spacial score (nSPS) is 16.4. The fraction of sp³-hybridized carbons (Fsp3) is 0.391. The van der Waals surface area contributed by atoms with Crippen LogP contribution in [0, 0.1) is 5.92 Å². The SMILES string of the molecule is O=C(NCCc1ccccc1)N1CCCC(CCc2noc(-c3cccnc3)n2)C1. The van der Waals surface area contributed by atoms with Gasteiger partial charge >= 0.3 is 6.03 Å². The number of aromatic nitrogens is 3. The van der Waals surface area contributed by atoms with E-state index in [-0.39, 0.29) is 6.03 Å². The lowest BCUT2D eigenvalue weighted by Crippen LogP contribution is -2.46. The van der Waals surface area contributed by atoms with E-state index in [1.807, 2.05) is 35.2 Å². The van der Waals surface area contributed by atoms with E-state index in [0.717, 1.165) is 50.8 Å². The molecule has 156 valence electrons. The molecule has 2 amide bonds. The van der Waals surface area contributed by atoms with E-state index >= 15 is 0 Å². The molecule has 7 heteroatoms. The Morgan fingerprint density at radius 2 is 2.07 bits per heavy atom. The van der Waals surface area contributed by atoms with Crippen molar-refractivity contribution in [3.8, 4) is 11.5 Å². The largest absolute Gasteiger partial charge is 0.338 e. The first-order valence-corrected chi connectivity index (χ1v) is 10.6. The van der Waals surface area contributed by atoms with Crippen molar-refractivity contribution in [2.24, 2.45) is 5.92 Å². The molecular formula is C23H27N5O2. The van der Waals surface area contributed by atoms with Crippen molar-refractivity contribution < 1.29 is 9.32 Å². The Kier molecular flexibility index (Phi) is 6.69. The smallest absolute Gasteiger partial charge is 0.317 e. The van der Waals surface area contributed by atoms with Gasteiger partial charge < -0.3 is 14.7 Å². The Bertz CT molecular complexity index is 929. The molecule has 3 aromatic rings. The number of nitrogens with one attached hydrogen (secondary N) is 1. The van der Waals surface area contributed by atoms with E-state index in [0.29, 0.717) is 24.2 Å². The molecule has 0 aliphatic carbocycles. The Labute approximate surface area is 176 Å². The highest BCUT2D eigenvalue weighted by Crippen LogP contribution is 2.22. The molecule has 7 nitrogen and oxygen atoms in total. The number of likely N-dealkylation sites (tertiary alicyclic amines) is 1. The first-order valence-electron chi connectivity index (χ1n) is 10.6. The predicted molar refractivity (Wildman–Crippen MR) is 114 cm³/mol. The third-order valence-corrected chi connectivity index (χ3v) is 5.49. The van der Waals surface area contributed by atoms with Crippen molar-refractivity contribution in [1.82, 2.24) is 25.3 Å². The fourth-order valence-electron chi connectivity index (χ4n) is 3.85. The monoisotopic (exact) mass is 405 g/mol. The van der Waals surface area contributed by atoms with Gasteiger partial charge in [0.2, 0.25) is 0 Å². The number of benzene rings is 1. The van der Waals surface area contributed by atoms with Crippen LogP contribution in [0.25, 0.3) is 11.5 Å². The second kappa shape index (κ2) is 10.0. The summed E-state index contributed by atoms with van der Waals surface area (Å²) in [7, 11) is 0. The van der Waals surface area contributed by atoms with Gasteiger partial charge in [-0.2, -0.15) is 4.98 Å². The molecule has 1 aliphatic heterocycles. The number of pyridine rings is 1. The number of piperidine rings is 1. The lowest BCUT2D eigenvalue weighted by Gasteiger charge is -2.32. The summed E-state index contributed by atoms with van der Waals surface area (Å²) >= 11 is 0. The summed E-state index contributed by atoms with van der Waals surface area (Å²) in [5.41, 5.74) is 2.06. The summed E-state index contributed by atoms with van der Waals surface area (Å²) in [5, 5.41) is 7.15. The maximum absolute atomic E-state index is 12.5. The van der Waals surface area contributed by atoms with Gasteiger partial charge in [-0.15, -0.1) is 0 Å². The molecule has 1 N–H and O–H groups in total. The van der Waals surface area contributed by atoms with Crippen LogP contribution in [0.15, 0.2) is 59.4 Å². The van der Waals surface area contributed by atoms with Gasteiger partial charge in [0.05, 0.1) is 5.56 Å². The molecule has 1 saturated heterocycles. The van der Waals surface area contributed by atoms with Gasteiger partial charge in [-0.1, -0.05) is 35.5 Å². The number of rotatable bonds is 7. The summed E-state index contributed by atoms with van der Waals surface area (Å²) in [5.74, 6) is 1.67. The van der Waals surface area contributed by atoms with Crippen LogP contribution in [0.4, 0.5) is 4.79 Å². The summed E-state index contributed by atoms with van der Waals surface area (Å²) in [6.45, 7) is 2.26. The van der Waals surface area contributed by atoms with Gasteiger partial charge in [0.15, 0.2) is 5.82 Å². The highest BCUT2D eigenvalue weighted by Gasteiger charge is 2.24. The Morgan fingerprint density at radius 3 is 2.90 bits per heavy atom. The number of aryl methyl sites for hydroxylation is 1. The van der Waals surface area contributed by atoms with Gasteiger partial charge in [0, 0.05) is 38.4 Å². The third-order valence-electron chi connectivity index (χ3n) is 5.49. The van der Waals surface area contributed by atoms with Gasteiger partial charge in [-0.3, -0.25) is 4.98 Å². The molecular weight excluding hydrogens is 378 g/mol. The van der Waals surface area contributed by atoms with E-state index in [4.69, 9.17) is 4.52 Å². The number of amides is 2. The Hall–Kier alpha value is -3.22. The molecule has 3 heterocycles. The molecule has 30 heavy (non-hydrogen) atoms. The van der Waals surface area contributed by atoms with Crippen LogP contribution >= 0.6 is 0 Å². The molecule has 4 rings (SSSR count). The van der Waals surface area contributed by atoms with Crippen molar-refractivity contribution >= 4 is 6.03 Å². The quantitative estimate of drug-likeness (QED) is 0.647. The summed E-state index contributed by atoms with van der Waals surface area (Å²) in [4.78, 5) is 23.0. The van der Waals surface area contributed by atoms with Crippen LogP contribution in [-0.2, 0) is 12.8 Å². The lowest BCUT2D eigenvalue weighted by molar-refractivity contribution is 0.162. The zero-order valence-electron chi connectivity index (χ0n) is 17.0. The number of urea groups is 1. The first kappa shape index (κ1) is 20.1. The van der Waals surface area contributed by atoms with Crippen LogP contribution in [0.3, 0.4) is 0 Å². The van der Waals surface area contributed by atoms with Crippen LogP contribution in [-0.4, -0.2) is 45.7 Å². The Balaban J connectivity index is 1.22. The number of carbonyl (C=O) groups excluding carboxylic acids is 1. The number of hydrogen-bond donors (Lipinski definition) is 1. The number of carbonyl (C=O) groups is 1. The van der Waals surface area contributed by atoms with Gasteiger partial charge in [-0.05, 0) is 49.3 Å². The van der Waals surface area contributed by atoms with Crippen molar-refractivity contribution in [1.29, 1.82) is 0 Å². The fourth-order valence-corrected chi connectivity index (χ4v) is 3.85. The lowest BCUT2D eigenvalue weighted by atomic mass is 9.93. The maximum atomic E-state index is 12.5. The van der Waals surface area contributed by atoms with Crippen molar-refractivity contribution in [3.63, 3.8) is 0 Å². The highest BCUT2D eigenvalue weighted by atomic mass is 16.5. The minimum atomic E-state index is 0.0362. The van der Waals surface area contributed by atoms with Crippen LogP contribution in [0.2, 0.25) is 0 Å². The van der Waals surface area contributed by atoms with Crippen molar-refractivity contribution in [2.45, 2.75) is 32.1 Å². The minimum Gasteiger partial charge on any atom is -0.338 e. The van der Waals surface area contributed by atoms with Crippen LogP contribution in [0.1, 0.15) is 30.7 Å². The molecule has 1 aliphatic rings. The molecule has 0 bridgehead atoms. The number of hydrogen-bond acceptors (Lipinski definition) is 5. The molecule has 1 atom stereocenters. The first-order chi connectivity index (χ1) is 14.8. The standard InChI is InChI=1S/C23H27N5O2/c29-23(25-14-12-18-6-2-1-3-7-18)28-15-5-8-19(17-28)10-11-21-26-22(30-27-21)20-9-4-13-24-16-20/h1-4,6-7,9,13,16,19H,5,8,10-12,14-15,17H2,(H,25,29). The summed E-state index contributed by atoms with van der Waals surface area (Å²) in [6.07, 6.45) is 8.13. The highest BCUT2D eigenvalue weighted by molar-refractivity contribution is 5.74. The zero-order chi connectivity index (χ0) is 20.6. The number of nitrogens with zero attached hydrogens (tertiary/aromatic N) is 4. The van der Waals surface area contributed by atoms with E-state index < -0.39 is 0 Å². The van der Waals surface area contributed by atoms with Crippen LogP contribution in [0.5, 0.6) is 0 Å². The average Bonchev–Trinajstić information content (AvgIpc) is 3.28. The second-order valence-corrected chi connectivity index (χ2v) is 7.72. The average molecular weight is 406 g/mol. The molecule has 2 aromatic heterocycles. The van der Waals surface area contributed by atoms with E-state index in [1.54, 1.807) is 12.4 Å². The van der Waals surface area contributed by atoms with Gasteiger partial charge in [-0.25, -0.2) is 4.79 Å². The summed E-state index contributed by atoms with van der Waals surface area (Å²) in [6, 6.07) is 14.0. The predicted octanol–water partition coefficient (Wildman–Crippen LogP) is 3.73. The third kappa shape index (κ3) is 5.43. The van der Waals surface area contributed by atoms with Gasteiger partial charge in [0.1, 0.15) is 0 Å². The Morgan fingerprint density at radius 1 is 1.17 bits per heavy atom. The molecule has 0 radical (unpaired) electrons. The van der Waals surface area contributed by atoms with Crippen molar-refractivity contribution in [2.75, 3.05) is 19.6 Å². The van der Waals surface area contributed by atoms with E-state index in [1.165, 1.54) is 5.56 Å².